The van der Waals surface area contributed by atoms with Crippen LogP contribution in [0.4, 0.5) is 13.2 Å². The lowest BCUT2D eigenvalue weighted by Gasteiger charge is -2.12. The molecule has 3 aromatic rings. The van der Waals surface area contributed by atoms with Crippen molar-refractivity contribution in [2.24, 2.45) is 0 Å². The standard InChI is InChI=1S/C27H25F3N2O5/c1-2-36-32-26(34)24(18-20-8-12-23(13-9-20)37-27(28,29)30)31-25(33)21-10-14-22(15-11-21)35-17-16-19-6-4-3-5-7-19/h3-15,18H,2,16-17H2,1H3,(H,31,33)(H,32,34)/b24-18-. The molecule has 7 nitrogen and oxygen atoms in total. The molecule has 0 atom stereocenters. The minimum Gasteiger partial charge on any atom is -0.493 e. The number of hydrogen-bond donors (Lipinski definition) is 2. The summed E-state index contributed by atoms with van der Waals surface area (Å²) in [6.07, 6.45) is -2.80. The number of hydroxylamine groups is 1. The van der Waals surface area contributed by atoms with E-state index in [9.17, 15) is 22.8 Å². The Balaban J connectivity index is 1.66. The van der Waals surface area contributed by atoms with Crippen molar-refractivity contribution in [1.82, 2.24) is 10.8 Å². The largest absolute Gasteiger partial charge is 0.573 e. The predicted molar refractivity (Wildman–Crippen MR) is 130 cm³/mol. The number of halogens is 3. The van der Waals surface area contributed by atoms with Crippen LogP contribution in [0.1, 0.15) is 28.4 Å². The highest BCUT2D eigenvalue weighted by molar-refractivity contribution is 6.05. The summed E-state index contributed by atoms with van der Waals surface area (Å²) in [5.74, 6) is -1.16. The van der Waals surface area contributed by atoms with Crippen LogP contribution in [0.15, 0.2) is 84.6 Å². The fourth-order valence-electron chi connectivity index (χ4n) is 3.11. The number of carbonyl (C=O) groups is 2. The molecule has 0 saturated heterocycles. The molecule has 0 aliphatic heterocycles. The van der Waals surface area contributed by atoms with Gasteiger partial charge < -0.3 is 14.8 Å². The fraction of sp³-hybridized carbons (Fsp3) is 0.185. The Morgan fingerprint density at radius 3 is 2.16 bits per heavy atom. The van der Waals surface area contributed by atoms with Crippen LogP contribution in [0, 0.1) is 0 Å². The molecule has 0 fully saturated rings. The first-order valence-electron chi connectivity index (χ1n) is 11.3. The van der Waals surface area contributed by atoms with Crippen molar-refractivity contribution in [2.75, 3.05) is 13.2 Å². The number of hydrogen-bond acceptors (Lipinski definition) is 5. The summed E-state index contributed by atoms with van der Waals surface area (Å²) in [5.41, 5.74) is 3.76. The summed E-state index contributed by atoms with van der Waals surface area (Å²) in [6, 6.07) is 21.1. The van der Waals surface area contributed by atoms with E-state index in [1.165, 1.54) is 18.2 Å². The minimum atomic E-state index is -4.82. The Bertz CT molecular complexity index is 1200. The molecule has 10 heteroatoms. The molecule has 0 heterocycles. The Labute approximate surface area is 211 Å². The highest BCUT2D eigenvalue weighted by Crippen LogP contribution is 2.23. The second kappa shape index (κ2) is 13.1. The zero-order valence-electron chi connectivity index (χ0n) is 19.9. The van der Waals surface area contributed by atoms with Crippen LogP contribution in [0.5, 0.6) is 11.5 Å². The van der Waals surface area contributed by atoms with Gasteiger partial charge in [0.2, 0.25) is 0 Å². The highest BCUT2D eigenvalue weighted by Gasteiger charge is 2.31. The smallest absolute Gasteiger partial charge is 0.493 e. The maximum Gasteiger partial charge on any atom is 0.573 e. The van der Waals surface area contributed by atoms with E-state index in [0.717, 1.165) is 24.1 Å². The van der Waals surface area contributed by atoms with Crippen LogP contribution in [-0.2, 0) is 16.1 Å². The molecule has 0 spiro atoms. The second-order valence-electron chi connectivity index (χ2n) is 7.60. The van der Waals surface area contributed by atoms with Gasteiger partial charge in [-0.3, -0.25) is 14.4 Å². The van der Waals surface area contributed by atoms with Gasteiger partial charge >= 0.3 is 6.36 Å². The Kier molecular flexibility index (Phi) is 9.68. The fourth-order valence-corrected chi connectivity index (χ4v) is 3.11. The highest BCUT2D eigenvalue weighted by atomic mass is 19.4. The number of alkyl halides is 3. The number of carbonyl (C=O) groups excluding carboxylic acids is 2. The van der Waals surface area contributed by atoms with Crippen LogP contribution >= 0.6 is 0 Å². The monoisotopic (exact) mass is 514 g/mol. The summed E-state index contributed by atoms with van der Waals surface area (Å²) in [4.78, 5) is 30.2. The third-order valence-electron chi connectivity index (χ3n) is 4.85. The van der Waals surface area contributed by atoms with Gasteiger partial charge in [-0.1, -0.05) is 42.5 Å². The van der Waals surface area contributed by atoms with Gasteiger partial charge in [0.05, 0.1) is 13.2 Å². The molecule has 3 aromatic carbocycles. The summed E-state index contributed by atoms with van der Waals surface area (Å²) in [5, 5.41) is 2.51. The van der Waals surface area contributed by atoms with E-state index in [2.05, 4.69) is 15.5 Å². The van der Waals surface area contributed by atoms with Crippen molar-refractivity contribution in [1.29, 1.82) is 0 Å². The first kappa shape index (κ1) is 27.3. The van der Waals surface area contributed by atoms with Gasteiger partial charge in [-0.2, -0.15) is 0 Å². The third-order valence-corrected chi connectivity index (χ3v) is 4.85. The predicted octanol–water partition coefficient (Wildman–Crippen LogP) is 5.05. The molecular weight excluding hydrogens is 489 g/mol. The van der Waals surface area contributed by atoms with Crippen LogP contribution in [0.25, 0.3) is 6.08 Å². The van der Waals surface area contributed by atoms with Crippen LogP contribution in [0.2, 0.25) is 0 Å². The van der Waals surface area contributed by atoms with Gasteiger partial charge in [-0.15, -0.1) is 13.2 Å². The van der Waals surface area contributed by atoms with Crippen molar-refractivity contribution in [3.63, 3.8) is 0 Å². The average molecular weight is 515 g/mol. The van der Waals surface area contributed by atoms with Crippen molar-refractivity contribution in [3.8, 4) is 11.5 Å². The van der Waals surface area contributed by atoms with E-state index < -0.39 is 23.9 Å². The maximum atomic E-state index is 12.8. The molecule has 0 saturated carbocycles. The van der Waals surface area contributed by atoms with E-state index in [1.54, 1.807) is 31.2 Å². The molecule has 194 valence electrons. The molecule has 3 rings (SSSR count). The van der Waals surface area contributed by atoms with Gasteiger partial charge in [-0.05, 0) is 60.5 Å². The molecule has 0 aliphatic rings. The lowest BCUT2D eigenvalue weighted by molar-refractivity contribution is -0.274. The van der Waals surface area contributed by atoms with Gasteiger partial charge in [0.15, 0.2) is 0 Å². The van der Waals surface area contributed by atoms with Gasteiger partial charge in [0, 0.05) is 12.0 Å². The number of benzene rings is 3. The van der Waals surface area contributed by atoms with Gasteiger partial charge in [0.25, 0.3) is 11.8 Å². The Morgan fingerprint density at radius 2 is 1.54 bits per heavy atom. The maximum absolute atomic E-state index is 12.8. The number of nitrogens with one attached hydrogen (secondary N) is 2. The topological polar surface area (TPSA) is 85.9 Å². The Hall–Kier alpha value is -4.31. The molecule has 0 aromatic heterocycles. The zero-order chi connectivity index (χ0) is 26.7. The van der Waals surface area contributed by atoms with Crippen LogP contribution in [-0.4, -0.2) is 31.4 Å². The molecule has 2 N–H and O–H groups in total. The third kappa shape index (κ3) is 9.34. The van der Waals surface area contributed by atoms with Crippen LogP contribution in [0.3, 0.4) is 0 Å². The first-order chi connectivity index (χ1) is 17.7. The van der Waals surface area contributed by atoms with E-state index >= 15 is 0 Å². The van der Waals surface area contributed by atoms with E-state index in [1.807, 2.05) is 30.3 Å². The lowest BCUT2D eigenvalue weighted by atomic mass is 10.1. The summed E-state index contributed by atoms with van der Waals surface area (Å²) >= 11 is 0. The first-order valence-corrected chi connectivity index (χ1v) is 11.3. The van der Waals surface area contributed by atoms with E-state index in [4.69, 9.17) is 9.57 Å². The molecule has 0 radical (unpaired) electrons. The average Bonchev–Trinajstić information content (AvgIpc) is 2.88. The normalized spacial score (nSPS) is 11.5. The zero-order valence-corrected chi connectivity index (χ0v) is 19.9. The number of amides is 2. The van der Waals surface area contributed by atoms with Gasteiger partial charge in [-0.25, -0.2) is 5.48 Å². The molecule has 37 heavy (non-hydrogen) atoms. The molecule has 0 unspecified atom stereocenters. The summed E-state index contributed by atoms with van der Waals surface area (Å²) in [7, 11) is 0. The van der Waals surface area contributed by atoms with Crippen molar-refractivity contribution < 1.29 is 37.1 Å². The molecule has 2 amide bonds. The molecule has 0 bridgehead atoms. The lowest BCUT2D eigenvalue weighted by Crippen LogP contribution is -2.34. The Morgan fingerprint density at radius 1 is 0.892 bits per heavy atom. The molecule has 0 aliphatic carbocycles. The summed E-state index contributed by atoms with van der Waals surface area (Å²) < 4.78 is 46.7. The second-order valence-corrected chi connectivity index (χ2v) is 7.60. The number of rotatable bonds is 11. The van der Waals surface area contributed by atoms with Crippen molar-refractivity contribution >= 4 is 17.9 Å². The quantitative estimate of drug-likeness (QED) is 0.277. The van der Waals surface area contributed by atoms with E-state index in [0.29, 0.717) is 17.9 Å². The SMILES string of the molecule is CCONC(=O)/C(=C/c1ccc(OC(F)(F)F)cc1)NC(=O)c1ccc(OCCc2ccccc2)cc1. The number of ether oxygens (including phenoxy) is 2. The van der Waals surface area contributed by atoms with Crippen LogP contribution < -0.4 is 20.3 Å². The minimum absolute atomic E-state index is 0.175. The van der Waals surface area contributed by atoms with Crippen molar-refractivity contribution in [3.05, 3.63) is 101 Å². The molecular formula is C27H25F3N2O5. The summed E-state index contributed by atoms with van der Waals surface area (Å²) in [6.45, 7) is 2.31. The van der Waals surface area contributed by atoms with Crippen molar-refractivity contribution in [2.45, 2.75) is 19.7 Å². The van der Waals surface area contributed by atoms with E-state index in [-0.39, 0.29) is 17.9 Å². The van der Waals surface area contributed by atoms with Gasteiger partial charge in [0.1, 0.15) is 17.2 Å².